The lowest BCUT2D eigenvalue weighted by molar-refractivity contribution is 0.415. The number of hydrogen-bond donors (Lipinski definition) is 0. The van der Waals surface area contributed by atoms with Crippen LogP contribution in [-0.2, 0) is 6.42 Å². The smallest absolute Gasteiger partial charge is 0.163 e. The molecule has 0 atom stereocenters. The Labute approximate surface area is 147 Å². The number of aromatic nitrogens is 3. The predicted molar refractivity (Wildman–Crippen MR) is 98.2 cm³/mol. The maximum Gasteiger partial charge on any atom is 0.163 e. The molecule has 0 saturated heterocycles. The molecule has 3 rings (SSSR count). The maximum atomic E-state index is 6.50. The highest BCUT2D eigenvalue weighted by Gasteiger charge is 2.19. The number of fused-ring (bicyclic) bond motifs is 1. The molecular formula is C19H22ClN3O. The van der Waals surface area contributed by atoms with E-state index in [9.17, 15) is 0 Å². The van der Waals surface area contributed by atoms with Crippen molar-refractivity contribution >= 4 is 17.2 Å². The summed E-state index contributed by atoms with van der Waals surface area (Å²) >= 11 is 6.50. The van der Waals surface area contributed by atoms with Crippen molar-refractivity contribution in [2.45, 2.75) is 40.5 Å². The second-order valence-electron chi connectivity index (χ2n) is 6.06. The lowest BCUT2D eigenvalue weighted by Gasteiger charge is -2.11. The molecule has 24 heavy (non-hydrogen) atoms. The summed E-state index contributed by atoms with van der Waals surface area (Å²) in [6.07, 6.45) is 2.03. The first-order valence-corrected chi connectivity index (χ1v) is 8.55. The molecule has 0 radical (unpaired) electrons. The topological polar surface area (TPSA) is 39.4 Å². The van der Waals surface area contributed by atoms with E-state index in [1.807, 2.05) is 29.6 Å². The van der Waals surface area contributed by atoms with E-state index in [-0.39, 0.29) is 0 Å². The Morgan fingerprint density at radius 3 is 2.58 bits per heavy atom. The van der Waals surface area contributed by atoms with Gasteiger partial charge in [-0.15, -0.1) is 0 Å². The fourth-order valence-electron chi connectivity index (χ4n) is 3.05. The van der Waals surface area contributed by atoms with E-state index in [1.165, 1.54) is 5.56 Å². The van der Waals surface area contributed by atoms with E-state index in [4.69, 9.17) is 26.4 Å². The van der Waals surface area contributed by atoms with Gasteiger partial charge in [0.15, 0.2) is 5.65 Å². The van der Waals surface area contributed by atoms with Gasteiger partial charge in [0.25, 0.3) is 0 Å². The van der Waals surface area contributed by atoms with Crippen molar-refractivity contribution in [3.8, 4) is 16.9 Å². The number of nitrogens with zero attached hydrogens (tertiary/aromatic N) is 3. The molecule has 0 amide bonds. The molecule has 2 aromatic heterocycles. The highest BCUT2D eigenvalue weighted by molar-refractivity contribution is 6.33. The van der Waals surface area contributed by atoms with Gasteiger partial charge < -0.3 is 4.74 Å². The average Bonchev–Trinajstić information content (AvgIpc) is 2.89. The quantitative estimate of drug-likeness (QED) is 0.673. The van der Waals surface area contributed by atoms with Crippen molar-refractivity contribution < 1.29 is 4.74 Å². The van der Waals surface area contributed by atoms with E-state index in [1.54, 1.807) is 7.11 Å². The third-order valence-corrected chi connectivity index (χ3v) is 4.82. The van der Waals surface area contributed by atoms with Gasteiger partial charge in [0.1, 0.15) is 5.75 Å². The fourth-order valence-corrected chi connectivity index (χ4v) is 3.32. The summed E-state index contributed by atoms with van der Waals surface area (Å²) in [5.74, 6) is 0.740. The molecule has 0 unspecified atom stereocenters. The minimum Gasteiger partial charge on any atom is -0.497 e. The molecule has 0 N–H and O–H groups in total. The van der Waals surface area contributed by atoms with Crippen LogP contribution in [-0.4, -0.2) is 21.7 Å². The van der Waals surface area contributed by atoms with E-state index >= 15 is 0 Å². The number of hydrogen-bond acceptors (Lipinski definition) is 3. The van der Waals surface area contributed by atoms with E-state index < -0.39 is 0 Å². The maximum absolute atomic E-state index is 6.50. The SMILES string of the molecule is CCCc1nc2c(-c3ccc(OC)cc3Cl)c(C)nn2c(C)c1C. The van der Waals surface area contributed by atoms with Crippen molar-refractivity contribution in [3.63, 3.8) is 0 Å². The number of benzene rings is 1. The zero-order valence-corrected chi connectivity index (χ0v) is 15.5. The van der Waals surface area contributed by atoms with Crippen LogP contribution in [0.15, 0.2) is 18.2 Å². The Morgan fingerprint density at radius 2 is 1.96 bits per heavy atom. The third kappa shape index (κ3) is 2.65. The van der Waals surface area contributed by atoms with E-state index in [2.05, 4.69) is 20.8 Å². The molecule has 1 aromatic carbocycles. The van der Waals surface area contributed by atoms with Gasteiger partial charge in [0, 0.05) is 17.0 Å². The average molecular weight is 344 g/mol. The Balaban J connectivity index is 2.30. The molecule has 5 heteroatoms. The molecule has 0 aliphatic heterocycles. The molecule has 0 bridgehead atoms. The molecule has 2 heterocycles. The molecule has 126 valence electrons. The standard InChI is InChI=1S/C19H22ClN3O/c1-6-7-17-11(2)13(4)23-19(21-17)18(12(3)22-23)15-9-8-14(24-5)10-16(15)20/h8-10H,6-7H2,1-5H3. The van der Waals surface area contributed by atoms with Crippen molar-refractivity contribution in [1.29, 1.82) is 0 Å². The number of methoxy groups -OCH3 is 1. The minimum absolute atomic E-state index is 0.643. The zero-order valence-electron chi connectivity index (χ0n) is 14.8. The summed E-state index contributed by atoms with van der Waals surface area (Å²) in [6.45, 7) is 8.38. The van der Waals surface area contributed by atoms with Crippen molar-refractivity contribution in [2.24, 2.45) is 0 Å². The lowest BCUT2D eigenvalue weighted by atomic mass is 10.0. The Bertz CT molecular complexity index is 915. The second-order valence-corrected chi connectivity index (χ2v) is 6.47. The minimum atomic E-state index is 0.643. The van der Waals surface area contributed by atoms with Gasteiger partial charge in [-0.1, -0.05) is 24.9 Å². The van der Waals surface area contributed by atoms with Gasteiger partial charge in [-0.2, -0.15) is 5.10 Å². The molecule has 4 nitrogen and oxygen atoms in total. The summed E-state index contributed by atoms with van der Waals surface area (Å²) in [6, 6.07) is 5.72. The zero-order chi connectivity index (χ0) is 17.4. The summed E-state index contributed by atoms with van der Waals surface area (Å²) in [5, 5.41) is 5.34. The summed E-state index contributed by atoms with van der Waals surface area (Å²) < 4.78 is 7.18. The van der Waals surface area contributed by atoms with Gasteiger partial charge in [-0.3, -0.25) is 0 Å². The third-order valence-electron chi connectivity index (χ3n) is 4.50. The van der Waals surface area contributed by atoms with E-state index in [0.29, 0.717) is 5.02 Å². The summed E-state index contributed by atoms with van der Waals surface area (Å²) in [5.41, 5.74) is 7.18. The Kier molecular flexibility index (Phi) is 4.50. The van der Waals surface area contributed by atoms with E-state index in [0.717, 1.165) is 52.4 Å². The van der Waals surface area contributed by atoms with Crippen molar-refractivity contribution in [3.05, 3.63) is 45.9 Å². The molecule has 0 fully saturated rings. The normalized spacial score (nSPS) is 11.2. The van der Waals surface area contributed by atoms with Crippen LogP contribution < -0.4 is 4.74 Å². The Morgan fingerprint density at radius 1 is 1.21 bits per heavy atom. The molecule has 0 aliphatic carbocycles. The van der Waals surface area contributed by atoms with Crippen LogP contribution in [0.2, 0.25) is 5.02 Å². The summed E-state index contributed by atoms with van der Waals surface area (Å²) in [4.78, 5) is 4.92. The van der Waals surface area contributed by atoms with Crippen LogP contribution in [0.5, 0.6) is 5.75 Å². The molecular weight excluding hydrogens is 322 g/mol. The van der Waals surface area contributed by atoms with Crippen molar-refractivity contribution in [2.75, 3.05) is 7.11 Å². The van der Waals surface area contributed by atoms with Crippen LogP contribution in [0.1, 0.15) is 36.0 Å². The van der Waals surface area contributed by atoms with Gasteiger partial charge in [-0.25, -0.2) is 9.50 Å². The summed E-state index contributed by atoms with van der Waals surface area (Å²) in [7, 11) is 1.64. The van der Waals surface area contributed by atoms with Crippen LogP contribution in [0, 0.1) is 20.8 Å². The van der Waals surface area contributed by atoms with Crippen LogP contribution >= 0.6 is 11.6 Å². The monoisotopic (exact) mass is 343 g/mol. The van der Waals surface area contributed by atoms with Crippen LogP contribution in [0.4, 0.5) is 0 Å². The molecule has 0 saturated carbocycles. The number of ether oxygens (including phenoxy) is 1. The van der Waals surface area contributed by atoms with Crippen molar-refractivity contribution in [1.82, 2.24) is 14.6 Å². The van der Waals surface area contributed by atoms with Gasteiger partial charge >= 0.3 is 0 Å². The number of aryl methyl sites for hydroxylation is 3. The predicted octanol–water partition coefficient (Wildman–Crippen LogP) is 4.94. The molecule has 0 spiro atoms. The highest BCUT2D eigenvalue weighted by atomic mass is 35.5. The number of rotatable bonds is 4. The first-order valence-electron chi connectivity index (χ1n) is 8.17. The first-order chi connectivity index (χ1) is 11.5. The molecule has 3 aromatic rings. The van der Waals surface area contributed by atoms with Crippen LogP contribution in [0.3, 0.4) is 0 Å². The van der Waals surface area contributed by atoms with Gasteiger partial charge in [-0.05, 0) is 51.0 Å². The van der Waals surface area contributed by atoms with Gasteiger partial charge in [0.2, 0.25) is 0 Å². The molecule has 0 aliphatic rings. The van der Waals surface area contributed by atoms with Gasteiger partial charge in [0.05, 0.1) is 23.4 Å². The fraction of sp³-hybridized carbons (Fsp3) is 0.368. The first kappa shape index (κ1) is 16.8. The second kappa shape index (κ2) is 6.44. The van der Waals surface area contributed by atoms with Crippen LogP contribution in [0.25, 0.3) is 16.8 Å². The lowest BCUT2D eigenvalue weighted by Crippen LogP contribution is -2.05. The Hall–Kier alpha value is -2.07. The number of halogens is 1. The largest absolute Gasteiger partial charge is 0.497 e. The highest BCUT2D eigenvalue weighted by Crippen LogP contribution is 2.36.